The minimum absolute atomic E-state index is 0.0742. The summed E-state index contributed by atoms with van der Waals surface area (Å²) >= 11 is 9.20. The summed E-state index contributed by atoms with van der Waals surface area (Å²) in [6.07, 6.45) is 1.58. The van der Waals surface area contributed by atoms with Gasteiger partial charge in [-0.1, -0.05) is 27.5 Å². The van der Waals surface area contributed by atoms with Crippen LogP contribution in [-0.2, 0) is 10.0 Å². The van der Waals surface area contributed by atoms with Crippen LogP contribution in [0.15, 0.2) is 39.7 Å². The summed E-state index contributed by atoms with van der Waals surface area (Å²) in [5.74, 6) is 0.565. The maximum absolute atomic E-state index is 12.8. The number of piperidine rings is 1. The quantitative estimate of drug-likeness (QED) is 0.700. The molecule has 1 aliphatic heterocycles. The topological polar surface area (TPSA) is 101 Å². The van der Waals surface area contributed by atoms with Crippen molar-refractivity contribution in [3.63, 3.8) is 0 Å². The minimum Gasteiger partial charge on any atom is -0.368 e. The fourth-order valence-electron chi connectivity index (χ4n) is 2.75. The van der Waals surface area contributed by atoms with Crippen molar-refractivity contribution in [3.8, 4) is 0 Å². The lowest BCUT2D eigenvalue weighted by atomic mass is 10.1. The van der Waals surface area contributed by atoms with E-state index in [1.165, 1.54) is 4.31 Å². The zero-order chi connectivity index (χ0) is 18.0. The first kappa shape index (κ1) is 18.4. The maximum Gasteiger partial charge on any atom is 0.243 e. The van der Waals surface area contributed by atoms with Gasteiger partial charge in [0, 0.05) is 29.7 Å². The van der Waals surface area contributed by atoms with Crippen molar-refractivity contribution in [1.82, 2.24) is 14.3 Å². The fraction of sp³-hybridized carbons (Fsp3) is 0.333. The van der Waals surface area contributed by atoms with Gasteiger partial charge in [0.05, 0.1) is 4.90 Å². The molecule has 134 valence electrons. The van der Waals surface area contributed by atoms with Crippen molar-refractivity contribution in [2.45, 2.75) is 23.8 Å². The Balaban J connectivity index is 1.75. The highest BCUT2D eigenvalue weighted by Gasteiger charge is 2.30. The summed E-state index contributed by atoms with van der Waals surface area (Å²) in [6.45, 7) is 0.836. The smallest absolute Gasteiger partial charge is 0.243 e. The number of benzene rings is 1. The summed E-state index contributed by atoms with van der Waals surface area (Å²) in [5, 5.41) is 3.44. The number of hydrogen-bond donors (Lipinski definition) is 2. The monoisotopic (exact) mass is 445 g/mol. The van der Waals surface area contributed by atoms with Gasteiger partial charge in [0.25, 0.3) is 0 Å². The highest BCUT2D eigenvalue weighted by Crippen LogP contribution is 2.24. The lowest BCUT2D eigenvalue weighted by Gasteiger charge is -2.32. The second kappa shape index (κ2) is 7.45. The molecule has 1 saturated heterocycles. The molecule has 1 aromatic heterocycles. The number of nitrogen functional groups attached to an aromatic ring is 1. The van der Waals surface area contributed by atoms with Crippen LogP contribution in [0, 0.1) is 0 Å². The van der Waals surface area contributed by atoms with Gasteiger partial charge in [0.15, 0.2) is 0 Å². The average Bonchev–Trinajstić information content (AvgIpc) is 2.54. The van der Waals surface area contributed by atoms with E-state index in [0.29, 0.717) is 18.9 Å². The van der Waals surface area contributed by atoms with E-state index in [1.807, 2.05) is 0 Å². The molecule has 0 saturated carbocycles. The third kappa shape index (κ3) is 4.41. The number of sulfonamides is 1. The van der Waals surface area contributed by atoms with Crippen molar-refractivity contribution in [2.24, 2.45) is 0 Å². The van der Waals surface area contributed by atoms with E-state index in [2.05, 4.69) is 31.2 Å². The zero-order valence-corrected chi connectivity index (χ0v) is 16.4. The number of aromatic nitrogens is 2. The Labute approximate surface area is 159 Å². The van der Waals surface area contributed by atoms with E-state index < -0.39 is 10.0 Å². The van der Waals surface area contributed by atoms with Crippen LogP contribution in [0.4, 0.5) is 11.8 Å². The third-order valence-corrected chi connectivity index (χ3v) is 6.50. The number of nitrogens with one attached hydrogen (secondary N) is 1. The standard InChI is InChI=1S/C15H17BrClN5O2S/c16-10-3-5-12(6-4-10)25(23,24)22-7-1-2-11(9-22)19-14-8-13(17)20-15(18)21-14/h3-6,8,11H,1-2,7,9H2,(H3,18,19,20,21). The molecule has 1 fully saturated rings. The van der Waals surface area contributed by atoms with Gasteiger partial charge >= 0.3 is 0 Å². The van der Waals surface area contributed by atoms with E-state index in [9.17, 15) is 8.42 Å². The summed E-state index contributed by atoms with van der Waals surface area (Å²) in [4.78, 5) is 8.17. The van der Waals surface area contributed by atoms with E-state index in [4.69, 9.17) is 17.3 Å². The van der Waals surface area contributed by atoms with Gasteiger partial charge in [-0.15, -0.1) is 0 Å². The third-order valence-electron chi connectivity index (χ3n) is 3.90. The molecule has 7 nitrogen and oxygen atoms in total. The highest BCUT2D eigenvalue weighted by molar-refractivity contribution is 9.10. The Morgan fingerprint density at radius 1 is 1.28 bits per heavy atom. The van der Waals surface area contributed by atoms with Crippen LogP contribution >= 0.6 is 27.5 Å². The van der Waals surface area contributed by atoms with Crippen molar-refractivity contribution in [2.75, 3.05) is 24.1 Å². The van der Waals surface area contributed by atoms with Gasteiger partial charge in [0.2, 0.25) is 16.0 Å². The predicted molar refractivity (Wildman–Crippen MR) is 101 cm³/mol. The Bertz CT molecular complexity index is 842. The summed E-state index contributed by atoms with van der Waals surface area (Å²) in [5.41, 5.74) is 5.59. The molecule has 1 aromatic carbocycles. The van der Waals surface area contributed by atoms with Crippen LogP contribution in [0.5, 0.6) is 0 Å². The molecule has 2 aromatic rings. The van der Waals surface area contributed by atoms with Gasteiger partial charge in [-0.25, -0.2) is 13.4 Å². The summed E-state index contributed by atoms with van der Waals surface area (Å²) in [7, 11) is -3.53. The molecule has 0 spiro atoms. The van der Waals surface area contributed by atoms with Crippen LogP contribution < -0.4 is 11.1 Å². The van der Waals surface area contributed by atoms with Crippen molar-refractivity contribution < 1.29 is 8.42 Å². The Kier molecular flexibility index (Phi) is 5.47. The molecular formula is C15H17BrClN5O2S. The molecule has 10 heteroatoms. The summed E-state index contributed by atoms with van der Waals surface area (Å²) in [6, 6.07) is 8.13. The zero-order valence-electron chi connectivity index (χ0n) is 13.2. The molecule has 0 radical (unpaired) electrons. The lowest BCUT2D eigenvalue weighted by Crippen LogP contribution is -2.45. The van der Waals surface area contributed by atoms with Gasteiger partial charge in [-0.05, 0) is 37.1 Å². The molecule has 2 heterocycles. The summed E-state index contributed by atoms with van der Waals surface area (Å²) < 4.78 is 28.0. The van der Waals surface area contributed by atoms with Gasteiger partial charge < -0.3 is 11.1 Å². The van der Waals surface area contributed by atoms with Crippen LogP contribution in [0.2, 0.25) is 5.15 Å². The number of anilines is 2. The molecule has 1 aliphatic rings. The lowest BCUT2D eigenvalue weighted by molar-refractivity contribution is 0.326. The number of hydrogen-bond acceptors (Lipinski definition) is 6. The Morgan fingerprint density at radius 2 is 2.00 bits per heavy atom. The minimum atomic E-state index is -3.53. The second-order valence-electron chi connectivity index (χ2n) is 5.73. The van der Waals surface area contributed by atoms with E-state index >= 15 is 0 Å². The Hall–Kier alpha value is -1.42. The van der Waals surface area contributed by atoms with Crippen molar-refractivity contribution in [1.29, 1.82) is 0 Å². The molecule has 0 amide bonds. The number of halogens is 2. The second-order valence-corrected chi connectivity index (χ2v) is 8.98. The van der Waals surface area contributed by atoms with Crippen molar-refractivity contribution in [3.05, 3.63) is 40.0 Å². The largest absolute Gasteiger partial charge is 0.368 e. The first-order valence-electron chi connectivity index (χ1n) is 7.67. The Morgan fingerprint density at radius 3 is 2.68 bits per heavy atom. The van der Waals surface area contributed by atoms with Crippen LogP contribution in [0.25, 0.3) is 0 Å². The molecule has 0 bridgehead atoms. The number of rotatable bonds is 4. The van der Waals surface area contributed by atoms with E-state index in [-0.39, 0.29) is 22.0 Å². The van der Waals surface area contributed by atoms with Gasteiger partial charge in [0.1, 0.15) is 11.0 Å². The number of nitrogens with zero attached hydrogens (tertiary/aromatic N) is 3. The number of nitrogens with two attached hydrogens (primary N) is 1. The van der Waals surface area contributed by atoms with Crippen LogP contribution in [0.3, 0.4) is 0 Å². The maximum atomic E-state index is 12.8. The predicted octanol–water partition coefficient (Wildman–Crippen LogP) is 2.74. The first-order valence-corrected chi connectivity index (χ1v) is 10.3. The first-order chi connectivity index (χ1) is 11.8. The average molecular weight is 447 g/mol. The molecule has 1 atom stereocenters. The SMILES string of the molecule is Nc1nc(Cl)cc(NC2CCCN(S(=O)(=O)c3ccc(Br)cc3)C2)n1. The molecule has 25 heavy (non-hydrogen) atoms. The molecule has 1 unspecified atom stereocenters. The molecular weight excluding hydrogens is 430 g/mol. The molecule has 3 rings (SSSR count). The van der Waals surface area contributed by atoms with Gasteiger partial charge in [-0.2, -0.15) is 9.29 Å². The van der Waals surface area contributed by atoms with Crippen molar-refractivity contribution >= 4 is 49.3 Å². The molecule has 0 aliphatic carbocycles. The fourth-order valence-corrected chi connectivity index (χ4v) is 4.73. The van der Waals surface area contributed by atoms with E-state index in [1.54, 1.807) is 30.3 Å². The normalized spacial score (nSPS) is 18.9. The van der Waals surface area contributed by atoms with Gasteiger partial charge in [-0.3, -0.25) is 0 Å². The van der Waals surface area contributed by atoms with E-state index in [0.717, 1.165) is 17.3 Å². The van der Waals surface area contributed by atoms with Crippen LogP contribution in [0.1, 0.15) is 12.8 Å². The highest BCUT2D eigenvalue weighted by atomic mass is 79.9. The van der Waals surface area contributed by atoms with Crippen LogP contribution in [-0.4, -0.2) is 41.8 Å². The molecule has 3 N–H and O–H groups in total.